The van der Waals surface area contributed by atoms with E-state index in [1.807, 2.05) is 29.2 Å². The van der Waals surface area contributed by atoms with E-state index >= 15 is 0 Å². The van der Waals surface area contributed by atoms with Gasteiger partial charge in [0.2, 0.25) is 5.91 Å². The molecule has 0 saturated carbocycles. The normalized spacial score (nSPS) is 17.6. The molecule has 2 saturated heterocycles. The van der Waals surface area contributed by atoms with Crippen LogP contribution in [0.3, 0.4) is 0 Å². The van der Waals surface area contributed by atoms with E-state index in [-0.39, 0.29) is 24.3 Å². The molecule has 2 heterocycles. The Balaban J connectivity index is 1.52. The monoisotopic (exact) mass is 473 g/mol. The Morgan fingerprint density at radius 3 is 2.35 bits per heavy atom. The first-order chi connectivity index (χ1) is 16.4. The van der Waals surface area contributed by atoms with Gasteiger partial charge in [0.05, 0.1) is 12.7 Å². The van der Waals surface area contributed by atoms with Crippen molar-refractivity contribution in [3.63, 3.8) is 0 Å². The van der Waals surface area contributed by atoms with Gasteiger partial charge in [0, 0.05) is 51.0 Å². The highest BCUT2D eigenvalue weighted by Gasteiger charge is 2.27. The highest BCUT2D eigenvalue weighted by molar-refractivity contribution is 6.00. The van der Waals surface area contributed by atoms with Gasteiger partial charge in [-0.05, 0) is 58.6 Å². The lowest BCUT2D eigenvalue weighted by Crippen LogP contribution is -2.49. The number of piperidine rings is 1. The Hall–Kier alpha value is -2.65. The fourth-order valence-corrected chi connectivity index (χ4v) is 4.63. The molecule has 0 aromatic heterocycles. The summed E-state index contributed by atoms with van der Waals surface area (Å²) >= 11 is 0. The van der Waals surface area contributed by atoms with Gasteiger partial charge < -0.3 is 24.8 Å². The lowest BCUT2D eigenvalue weighted by atomic mass is 10.0. The lowest BCUT2D eigenvalue weighted by Gasteiger charge is -2.37. The molecule has 1 aromatic carbocycles. The predicted molar refractivity (Wildman–Crippen MR) is 132 cm³/mol. The molecule has 0 aliphatic carbocycles. The SMILES string of the molecule is COC(=O)CC(=O)NC1CCN(c2ccccc2C(=O)N2CCN(CCCN(C)C)CC2)CC1. The number of para-hydroxylation sites is 1. The summed E-state index contributed by atoms with van der Waals surface area (Å²) in [5.41, 5.74) is 1.71. The zero-order chi connectivity index (χ0) is 24.5. The number of hydrogen-bond acceptors (Lipinski definition) is 7. The van der Waals surface area contributed by atoms with E-state index in [4.69, 9.17) is 0 Å². The molecule has 2 aliphatic rings. The van der Waals surface area contributed by atoms with Crippen molar-refractivity contribution < 1.29 is 19.1 Å². The smallest absolute Gasteiger partial charge is 0.315 e. The zero-order valence-electron chi connectivity index (χ0n) is 20.8. The molecule has 2 amide bonds. The largest absolute Gasteiger partial charge is 0.469 e. The maximum absolute atomic E-state index is 13.4. The van der Waals surface area contributed by atoms with Gasteiger partial charge in [0.25, 0.3) is 5.91 Å². The quantitative estimate of drug-likeness (QED) is 0.424. The number of carbonyl (C=O) groups excluding carboxylic acids is 3. The minimum absolute atomic E-state index is 0.0249. The second-order valence-corrected chi connectivity index (χ2v) is 9.39. The van der Waals surface area contributed by atoms with Crippen LogP contribution >= 0.6 is 0 Å². The molecule has 34 heavy (non-hydrogen) atoms. The van der Waals surface area contributed by atoms with Crippen molar-refractivity contribution in [1.82, 2.24) is 20.0 Å². The lowest BCUT2D eigenvalue weighted by molar-refractivity contribution is -0.144. The van der Waals surface area contributed by atoms with Gasteiger partial charge in [-0.25, -0.2) is 0 Å². The summed E-state index contributed by atoms with van der Waals surface area (Å²) in [5.74, 6) is -0.740. The Morgan fingerprint density at radius 2 is 1.71 bits per heavy atom. The van der Waals surface area contributed by atoms with Crippen LogP contribution in [-0.2, 0) is 14.3 Å². The Morgan fingerprint density at radius 1 is 1.03 bits per heavy atom. The average molecular weight is 474 g/mol. The Labute approximate surface area is 203 Å². The number of anilines is 1. The fraction of sp³-hybridized carbons (Fsp3) is 0.640. The summed E-state index contributed by atoms with van der Waals surface area (Å²) in [4.78, 5) is 45.5. The van der Waals surface area contributed by atoms with Crippen molar-refractivity contribution in [2.75, 3.05) is 78.5 Å². The minimum atomic E-state index is -0.531. The number of nitrogens with one attached hydrogen (secondary N) is 1. The molecule has 1 aromatic rings. The third-order valence-corrected chi connectivity index (χ3v) is 6.61. The van der Waals surface area contributed by atoms with Crippen LogP contribution in [0.5, 0.6) is 0 Å². The minimum Gasteiger partial charge on any atom is -0.469 e. The number of methoxy groups -OCH3 is 1. The van der Waals surface area contributed by atoms with E-state index < -0.39 is 5.97 Å². The van der Waals surface area contributed by atoms with Crippen LogP contribution in [0.2, 0.25) is 0 Å². The summed E-state index contributed by atoms with van der Waals surface area (Å²) in [5, 5.41) is 2.92. The van der Waals surface area contributed by atoms with Gasteiger partial charge >= 0.3 is 5.97 Å². The molecule has 188 valence electrons. The summed E-state index contributed by atoms with van der Waals surface area (Å²) in [6.45, 7) is 6.98. The molecular formula is C25H39N5O4. The van der Waals surface area contributed by atoms with E-state index in [2.05, 4.69) is 38.8 Å². The molecule has 3 rings (SSSR count). The molecule has 2 aliphatic heterocycles. The Kier molecular flexibility index (Phi) is 9.71. The first-order valence-corrected chi connectivity index (χ1v) is 12.2. The van der Waals surface area contributed by atoms with Crippen LogP contribution in [0, 0.1) is 0 Å². The average Bonchev–Trinajstić information content (AvgIpc) is 2.84. The van der Waals surface area contributed by atoms with Crippen LogP contribution in [0.25, 0.3) is 0 Å². The van der Waals surface area contributed by atoms with Gasteiger partial charge in [-0.2, -0.15) is 0 Å². The van der Waals surface area contributed by atoms with Crippen LogP contribution < -0.4 is 10.2 Å². The molecule has 2 fully saturated rings. The fourth-order valence-electron chi connectivity index (χ4n) is 4.63. The van der Waals surface area contributed by atoms with E-state index in [9.17, 15) is 14.4 Å². The third-order valence-electron chi connectivity index (χ3n) is 6.61. The van der Waals surface area contributed by atoms with Crippen molar-refractivity contribution in [1.29, 1.82) is 0 Å². The van der Waals surface area contributed by atoms with Crippen molar-refractivity contribution in [3.8, 4) is 0 Å². The van der Waals surface area contributed by atoms with Gasteiger partial charge in [-0.15, -0.1) is 0 Å². The second-order valence-electron chi connectivity index (χ2n) is 9.39. The van der Waals surface area contributed by atoms with E-state index in [0.717, 1.165) is 82.9 Å². The molecule has 0 unspecified atom stereocenters. The highest BCUT2D eigenvalue weighted by atomic mass is 16.5. The number of carbonyl (C=O) groups is 3. The van der Waals surface area contributed by atoms with Gasteiger partial charge in [0.1, 0.15) is 6.42 Å². The standard InChI is InChI=1S/C25H39N5O4/c1-27(2)11-6-12-28-15-17-30(18-16-28)25(33)21-7-4-5-8-22(21)29-13-9-20(10-14-29)26-23(31)19-24(32)34-3/h4-5,7-8,20H,6,9-19H2,1-3H3,(H,26,31). The van der Waals surface area contributed by atoms with Crippen molar-refractivity contribution in [2.45, 2.75) is 31.7 Å². The van der Waals surface area contributed by atoms with Crippen molar-refractivity contribution in [2.24, 2.45) is 0 Å². The molecular weight excluding hydrogens is 434 g/mol. The number of benzene rings is 1. The van der Waals surface area contributed by atoms with Crippen LogP contribution in [0.4, 0.5) is 5.69 Å². The summed E-state index contributed by atoms with van der Waals surface area (Å²) < 4.78 is 4.55. The molecule has 9 heteroatoms. The maximum Gasteiger partial charge on any atom is 0.315 e. The summed E-state index contributed by atoms with van der Waals surface area (Å²) in [6, 6.07) is 7.86. The van der Waals surface area contributed by atoms with E-state index in [1.54, 1.807) is 0 Å². The number of hydrogen-bond donors (Lipinski definition) is 1. The van der Waals surface area contributed by atoms with Crippen molar-refractivity contribution >= 4 is 23.5 Å². The van der Waals surface area contributed by atoms with E-state index in [1.165, 1.54) is 7.11 Å². The molecule has 0 bridgehead atoms. The highest BCUT2D eigenvalue weighted by Crippen LogP contribution is 2.26. The number of nitrogens with zero attached hydrogens (tertiary/aromatic N) is 4. The topological polar surface area (TPSA) is 85.4 Å². The number of esters is 1. The molecule has 0 spiro atoms. The maximum atomic E-state index is 13.4. The zero-order valence-corrected chi connectivity index (χ0v) is 20.8. The molecule has 0 atom stereocenters. The van der Waals surface area contributed by atoms with Crippen LogP contribution in [0.1, 0.15) is 36.0 Å². The second kappa shape index (κ2) is 12.7. The van der Waals surface area contributed by atoms with E-state index in [0.29, 0.717) is 0 Å². The molecule has 0 radical (unpaired) electrons. The number of amides is 2. The first-order valence-electron chi connectivity index (χ1n) is 12.2. The Bertz CT molecular complexity index is 830. The number of piperazine rings is 1. The van der Waals surface area contributed by atoms with Gasteiger partial charge in [-0.1, -0.05) is 12.1 Å². The van der Waals surface area contributed by atoms with Crippen molar-refractivity contribution in [3.05, 3.63) is 29.8 Å². The predicted octanol–water partition coefficient (Wildman–Crippen LogP) is 1.04. The van der Waals surface area contributed by atoms with Crippen LogP contribution in [-0.4, -0.2) is 112 Å². The van der Waals surface area contributed by atoms with Crippen LogP contribution in [0.15, 0.2) is 24.3 Å². The molecule has 1 N–H and O–H groups in total. The van der Waals surface area contributed by atoms with Gasteiger partial charge in [0.15, 0.2) is 0 Å². The third kappa shape index (κ3) is 7.43. The summed E-state index contributed by atoms with van der Waals surface area (Å²) in [7, 11) is 5.47. The number of ether oxygens (including phenoxy) is 1. The summed E-state index contributed by atoms with van der Waals surface area (Å²) in [6.07, 6.45) is 2.42. The van der Waals surface area contributed by atoms with Gasteiger partial charge in [-0.3, -0.25) is 19.3 Å². The first kappa shape index (κ1) is 26.0. The number of rotatable bonds is 9. The molecule has 9 nitrogen and oxygen atoms in total.